The van der Waals surface area contributed by atoms with Crippen molar-refractivity contribution in [1.82, 2.24) is 4.98 Å². The van der Waals surface area contributed by atoms with Gasteiger partial charge in [-0.25, -0.2) is 0 Å². The van der Waals surface area contributed by atoms with Gasteiger partial charge in [0.1, 0.15) is 0 Å². The van der Waals surface area contributed by atoms with Gasteiger partial charge in [-0.15, -0.1) is 0 Å². The summed E-state index contributed by atoms with van der Waals surface area (Å²) in [4.78, 5) is 3.95. The Morgan fingerprint density at radius 1 is 1.58 bits per heavy atom. The Morgan fingerprint density at radius 2 is 2.50 bits per heavy atom. The fraction of sp³-hybridized carbons (Fsp3) is 0.500. The van der Waals surface area contributed by atoms with Gasteiger partial charge in [0.25, 0.3) is 0 Å². The van der Waals surface area contributed by atoms with Gasteiger partial charge in [0.05, 0.1) is 6.20 Å². The van der Waals surface area contributed by atoms with E-state index in [4.69, 9.17) is 0 Å². The molecule has 0 aliphatic heterocycles. The molecular weight excluding hydrogens is 166 g/mol. The maximum Gasteiger partial charge on any atom is 0.0929 e. The van der Waals surface area contributed by atoms with Gasteiger partial charge >= 0.3 is 0 Å². The largest absolute Gasteiger partial charge is 0.254 e. The van der Waals surface area contributed by atoms with Gasteiger partial charge < -0.3 is 0 Å². The van der Waals surface area contributed by atoms with Gasteiger partial charge in [-0.2, -0.15) is 11.8 Å². The fourth-order valence-electron chi connectivity index (χ4n) is 0.869. The highest BCUT2D eigenvalue weighted by Crippen LogP contribution is 2.11. The third-order valence-electron chi connectivity index (χ3n) is 1.57. The van der Waals surface area contributed by atoms with Crippen molar-refractivity contribution in [3.8, 4) is 0 Å². The average molecular weight is 180 g/mol. The van der Waals surface area contributed by atoms with Gasteiger partial charge in [-0.1, -0.05) is 19.4 Å². The molecule has 0 spiro atoms. The molecule has 1 heterocycles. The maximum absolute atomic E-state index is 3.95. The minimum atomic E-state index is 1.05. The standard InChI is InChI=1S/C10H14NS/c1-2-3-7-12-9-10-5-4-6-11-8-10/h4-6H,2-3,7,9H2,1H3. The Kier molecular flexibility index (Phi) is 4.85. The van der Waals surface area contributed by atoms with Gasteiger partial charge in [0.2, 0.25) is 0 Å². The molecule has 0 saturated heterocycles. The summed E-state index contributed by atoms with van der Waals surface area (Å²) < 4.78 is 0. The van der Waals surface area contributed by atoms with Gasteiger partial charge in [0, 0.05) is 11.9 Å². The van der Waals surface area contributed by atoms with Crippen LogP contribution in [0.1, 0.15) is 25.3 Å². The molecule has 1 rings (SSSR count). The number of hydrogen-bond acceptors (Lipinski definition) is 2. The number of rotatable bonds is 5. The third-order valence-corrected chi connectivity index (χ3v) is 2.66. The zero-order valence-corrected chi connectivity index (χ0v) is 8.23. The Hall–Kier alpha value is -0.500. The van der Waals surface area contributed by atoms with Crippen molar-refractivity contribution in [2.24, 2.45) is 0 Å². The van der Waals surface area contributed by atoms with E-state index in [2.05, 4.69) is 24.2 Å². The van der Waals surface area contributed by atoms with Crippen LogP contribution in [0.5, 0.6) is 0 Å². The quantitative estimate of drug-likeness (QED) is 0.646. The van der Waals surface area contributed by atoms with E-state index in [0.29, 0.717) is 0 Å². The van der Waals surface area contributed by atoms with Crippen molar-refractivity contribution in [1.29, 1.82) is 0 Å². The van der Waals surface area contributed by atoms with Gasteiger partial charge in [0.15, 0.2) is 0 Å². The second kappa shape index (κ2) is 6.06. The number of pyridine rings is 1. The molecule has 0 fully saturated rings. The van der Waals surface area contributed by atoms with Crippen LogP contribution >= 0.6 is 11.8 Å². The van der Waals surface area contributed by atoms with Crippen molar-refractivity contribution in [3.05, 3.63) is 30.1 Å². The molecule has 12 heavy (non-hydrogen) atoms. The molecule has 0 unspecified atom stereocenters. The van der Waals surface area contributed by atoms with Crippen LogP contribution in [-0.2, 0) is 5.75 Å². The molecule has 0 amide bonds. The van der Waals surface area contributed by atoms with Crippen molar-refractivity contribution in [3.63, 3.8) is 0 Å². The van der Waals surface area contributed by atoms with Crippen LogP contribution in [0.2, 0.25) is 0 Å². The summed E-state index contributed by atoms with van der Waals surface area (Å²) in [5, 5.41) is 0. The number of nitrogens with zero attached hydrogens (tertiary/aromatic N) is 1. The molecule has 1 aromatic heterocycles. The van der Waals surface area contributed by atoms with Crippen LogP contribution < -0.4 is 0 Å². The van der Waals surface area contributed by atoms with E-state index >= 15 is 0 Å². The highest BCUT2D eigenvalue weighted by atomic mass is 32.2. The first kappa shape index (κ1) is 9.59. The highest BCUT2D eigenvalue weighted by Gasteiger charge is 1.92. The van der Waals surface area contributed by atoms with E-state index in [1.54, 1.807) is 6.20 Å². The average Bonchev–Trinajstić information content (AvgIpc) is 2.14. The molecule has 0 bridgehead atoms. The smallest absolute Gasteiger partial charge is 0.0929 e. The molecule has 0 aliphatic rings. The lowest BCUT2D eigenvalue weighted by Crippen LogP contribution is -1.84. The van der Waals surface area contributed by atoms with E-state index < -0.39 is 0 Å². The normalized spacial score (nSPS) is 10.1. The second-order valence-corrected chi connectivity index (χ2v) is 3.79. The molecule has 0 aromatic carbocycles. The van der Waals surface area contributed by atoms with E-state index in [1.165, 1.54) is 24.2 Å². The highest BCUT2D eigenvalue weighted by molar-refractivity contribution is 7.98. The summed E-state index contributed by atoms with van der Waals surface area (Å²) in [6.45, 7) is 2.22. The van der Waals surface area contributed by atoms with Crippen molar-refractivity contribution >= 4 is 11.8 Å². The monoisotopic (exact) mass is 180 g/mol. The van der Waals surface area contributed by atoms with Crippen LogP contribution in [0, 0.1) is 6.20 Å². The van der Waals surface area contributed by atoms with Crippen molar-refractivity contribution < 1.29 is 0 Å². The molecule has 1 aromatic rings. The summed E-state index contributed by atoms with van der Waals surface area (Å²) in [7, 11) is 0. The predicted molar refractivity (Wildman–Crippen MR) is 54.1 cm³/mol. The van der Waals surface area contributed by atoms with E-state index in [1.807, 2.05) is 17.8 Å². The molecule has 1 radical (unpaired) electrons. The molecule has 65 valence electrons. The predicted octanol–water partition coefficient (Wildman–Crippen LogP) is 2.92. The van der Waals surface area contributed by atoms with E-state index in [0.717, 1.165) is 5.75 Å². The van der Waals surface area contributed by atoms with Crippen LogP contribution in [0.4, 0.5) is 0 Å². The minimum absolute atomic E-state index is 1.05. The van der Waals surface area contributed by atoms with Crippen molar-refractivity contribution in [2.75, 3.05) is 5.75 Å². The number of thioether (sulfide) groups is 1. The summed E-state index contributed by atoms with van der Waals surface area (Å²) >= 11 is 1.96. The fourth-order valence-corrected chi connectivity index (χ4v) is 1.89. The lowest BCUT2D eigenvalue weighted by Gasteiger charge is -1.98. The summed E-state index contributed by atoms with van der Waals surface area (Å²) in [6.07, 6.45) is 7.33. The molecular formula is C10H14NS. The number of unbranched alkanes of at least 4 members (excludes halogenated alkanes) is 1. The lowest BCUT2D eigenvalue weighted by molar-refractivity contribution is 0.896. The van der Waals surface area contributed by atoms with Gasteiger partial charge in [-0.05, 0) is 23.8 Å². The Labute approximate surface area is 78.6 Å². The Morgan fingerprint density at radius 3 is 3.17 bits per heavy atom. The molecule has 0 atom stereocenters. The van der Waals surface area contributed by atoms with Crippen LogP contribution in [0.25, 0.3) is 0 Å². The number of hydrogen-bond donors (Lipinski definition) is 0. The Balaban J connectivity index is 2.16. The van der Waals surface area contributed by atoms with Crippen LogP contribution in [0.15, 0.2) is 18.3 Å². The summed E-state index contributed by atoms with van der Waals surface area (Å²) in [5.41, 5.74) is 1.21. The molecule has 0 saturated carbocycles. The van der Waals surface area contributed by atoms with Crippen LogP contribution in [0.3, 0.4) is 0 Å². The van der Waals surface area contributed by atoms with Crippen LogP contribution in [-0.4, -0.2) is 10.7 Å². The summed E-state index contributed by atoms with van der Waals surface area (Å²) in [6, 6.07) is 4.04. The maximum atomic E-state index is 3.95. The minimum Gasteiger partial charge on any atom is -0.254 e. The lowest BCUT2D eigenvalue weighted by atomic mass is 10.3. The topological polar surface area (TPSA) is 12.9 Å². The summed E-state index contributed by atoms with van der Waals surface area (Å²) in [5.74, 6) is 2.30. The molecule has 0 aliphatic carbocycles. The zero-order valence-electron chi connectivity index (χ0n) is 7.42. The second-order valence-electron chi connectivity index (χ2n) is 2.68. The third kappa shape index (κ3) is 3.77. The van der Waals surface area contributed by atoms with E-state index in [9.17, 15) is 0 Å². The molecule has 1 nitrogen and oxygen atoms in total. The first-order valence-electron chi connectivity index (χ1n) is 4.33. The number of aromatic nitrogens is 1. The van der Waals surface area contributed by atoms with Gasteiger partial charge in [-0.3, -0.25) is 4.98 Å². The molecule has 0 N–H and O–H groups in total. The first-order chi connectivity index (χ1) is 5.93. The zero-order chi connectivity index (χ0) is 8.65. The van der Waals surface area contributed by atoms with E-state index in [-0.39, 0.29) is 0 Å². The Bertz CT molecular complexity index is 198. The van der Waals surface area contributed by atoms with Crippen molar-refractivity contribution in [2.45, 2.75) is 25.5 Å². The first-order valence-corrected chi connectivity index (χ1v) is 5.48. The SMILES string of the molecule is CCCCSCc1[c]nccc1. The molecule has 2 heteroatoms.